The van der Waals surface area contributed by atoms with Crippen LogP contribution < -0.4 is 19.7 Å². The Hall–Kier alpha value is -4.37. The summed E-state index contributed by atoms with van der Waals surface area (Å²) in [6, 6.07) is 11.5. The summed E-state index contributed by atoms with van der Waals surface area (Å²) < 4.78 is 45.0. The molecule has 2 aromatic carbocycles. The van der Waals surface area contributed by atoms with Crippen molar-refractivity contribution >= 4 is 41.6 Å². The number of esters is 1. The Bertz CT molecular complexity index is 1860. The van der Waals surface area contributed by atoms with E-state index in [-0.39, 0.29) is 29.8 Å². The third kappa shape index (κ3) is 8.15. The van der Waals surface area contributed by atoms with E-state index < -0.39 is 50.4 Å². The van der Waals surface area contributed by atoms with Crippen molar-refractivity contribution in [3.63, 3.8) is 0 Å². The van der Waals surface area contributed by atoms with E-state index >= 15 is 0 Å². The van der Waals surface area contributed by atoms with E-state index in [1.54, 1.807) is 37.4 Å². The van der Waals surface area contributed by atoms with Crippen molar-refractivity contribution < 1.29 is 42.8 Å². The van der Waals surface area contributed by atoms with Gasteiger partial charge < -0.3 is 34.3 Å². The highest BCUT2D eigenvalue weighted by Crippen LogP contribution is 2.48. The number of hydrogen-bond donors (Lipinski definition) is 4. The van der Waals surface area contributed by atoms with Crippen LogP contribution >= 0.6 is 7.75 Å². The van der Waals surface area contributed by atoms with Gasteiger partial charge in [-0.2, -0.15) is 15.1 Å². The molecule has 1 aliphatic heterocycles. The molecular weight excluding hydrogens is 667 g/mol. The molecule has 50 heavy (non-hydrogen) atoms. The minimum atomic E-state index is -4.38. The minimum absolute atomic E-state index is 0.150. The van der Waals surface area contributed by atoms with Crippen molar-refractivity contribution in [3.8, 4) is 11.6 Å². The summed E-state index contributed by atoms with van der Waals surface area (Å²) >= 11 is 0. The molecule has 16 heteroatoms. The highest BCUT2D eigenvalue weighted by Gasteiger charge is 2.54. The monoisotopic (exact) mass is 710 g/mol. The molecule has 1 aliphatic rings. The number of hydrogen-bond acceptors (Lipinski definition) is 13. The van der Waals surface area contributed by atoms with Crippen LogP contribution in [0.4, 0.5) is 5.95 Å². The third-order valence-electron chi connectivity index (χ3n) is 8.06. The molecule has 1 fully saturated rings. The first-order valence-corrected chi connectivity index (χ1v) is 17.7. The molecule has 0 aliphatic carbocycles. The molecule has 2 aromatic heterocycles. The molecule has 3 unspecified atom stereocenters. The Morgan fingerprint density at radius 3 is 2.68 bits per heavy atom. The van der Waals surface area contributed by atoms with Crippen molar-refractivity contribution in [2.24, 2.45) is 0 Å². The molecule has 0 bridgehead atoms. The predicted octanol–water partition coefficient (Wildman–Crippen LogP) is 4.68. The fraction of sp³-hybridized carbons (Fsp3) is 0.412. The zero-order valence-electron chi connectivity index (χ0n) is 28.2. The Labute approximate surface area is 289 Å². The number of ether oxygens (including phenoxy) is 3. The molecule has 0 radical (unpaired) electrons. The van der Waals surface area contributed by atoms with Crippen molar-refractivity contribution in [1.82, 2.24) is 24.6 Å². The van der Waals surface area contributed by atoms with Gasteiger partial charge in [0.15, 0.2) is 17.4 Å². The fourth-order valence-electron chi connectivity index (χ4n) is 5.37. The molecule has 4 N–H and O–H groups in total. The number of aliphatic hydroxyl groups is 2. The van der Waals surface area contributed by atoms with Crippen LogP contribution in [0.15, 0.2) is 74.1 Å². The molecule has 0 amide bonds. The average molecular weight is 711 g/mol. The van der Waals surface area contributed by atoms with Gasteiger partial charge in [0.25, 0.3) is 0 Å². The van der Waals surface area contributed by atoms with Gasteiger partial charge in [0.2, 0.25) is 11.8 Å². The lowest BCUT2D eigenvalue weighted by atomic mass is 9.96. The number of aliphatic hydroxyl groups excluding tert-OH is 1. The lowest BCUT2D eigenvalue weighted by Gasteiger charge is -2.27. The van der Waals surface area contributed by atoms with Gasteiger partial charge >= 0.3 is 13.7 Å². The number of nitrogens with zero attached hydrogens (tertiary/aromatic N) is 4. The summed E-state index contributed by atoms with van der Waals surface area (Å²) in [5.74, 6) is 0.0161. The van der Waals surface area contributed by atoms with E-state index in [2.05, 4.69) is 38.5 Å². The first-order chi connectivity index (χ1) is 24.0. The second-order valence-corrected chi connectivity index (χ2v) is 13.6. The maximum absolute atomic E-state index is 14.4. The Morgan fingerprint density at radius 1 is 1.16 bits per heavy atom. The number of carbonyl (C=O) groups is 1. The SMILES string of the molecule is C=CCCCOC(=O)[C@H](C)NP(=O)(OCC1OC(n2cnc3c(OCCC=C)nc(NC)nc32)[C@](C)(O)[C@@H]1O)Oc1cccc2ccccc12. The number of carbonyl (C=O) groups excluding carboxylic acids is 1. The molecule has 1 saturated heterocycles. The van der Waals surface area contributed by atoms with E-state index in [1.807, 2.05) is 24.3 Å². The Balaban J connectivity index is 1.39. The summed E-state index contributed by atoms with van der Waals surface area (Å²) in [5.41, 5.74) is -1.32. The van der Waals surface area contributed by atoms with Gasteiger partial charge in [-0.25, -0.2) is 9.55 Å². The molecule has 6 atom stereocenters. The first-order valence-electron chi connectivity index (χ1n) is 16.2. The van der Waals surface area contributed by atoms with Crippen LogP contribution in [0.3, 0.4) is 0 Å². The number of fused-ring (bicyclic) bond motifs is 2. The minimum Gasteiger partial charge on any atom is -0.476 e. The van der Waals surface area contributed by atoms with Gasteiger partial charge in [-0.1, -0.05) is 48.6 Å². The number of benzene rings is 2. The van der Waals surface area contributed by atoms with Crippen LogP contribution in [0.25, 0.3) is 21.9 Å². The fourth-order valence-corrected chi connectivity index (χ4v) is 6.89. The van der Waals surface area contributed by atoms with Crippen LogP contribution in [0.2, 0.25) is 0 Å². The number of anilines is 1. The zero-order valence-corrected chi connectivity index (χ0v) is 29.1. The standard InChI is InChI=1S/C34H43N6O9P/c1-6-8-12-19-46-31(42)22(3)39-50(44,49-25-17-13-15-23-14-10-11-16-24(23)25)47-20-26-28(41)34(4,43)32(48-26)40-21-36-27-29(40)37-33(35-5)38-30(27)45-18-9-7-2/h6-7,10-11,13-17,21-22,26,28,32,41,43H,1-2,8-9,12,18-20H2,3-5H3,(H,39,44)(H,35,37,38)/t22-,26?,28+,32?,34+,50?/m0/s1. The van der Waals surface area contributed by atoms with E-state index in [1.165, 1.54) is 24.7 Å². The highest BCUT2D eigenvalue weighted by atomic mass is 31.2. The van der Waals surface area contributed by atoms with E-state index in [4.69, 9.17) is 23.3 Å². The summed E-state index contributed by atoms with van der Waals surface area (Å²) in [7, 11) is -2.74. The molecule has 0 spiro atoms. The maximum Gasteiger partial charge on any atom is 0.459 e. The first kappa shape index (κ1) is 36.9. The van der Waals surface area contributed by atoms with E-state index in [0.717, 1.165) is 5.39 Å². The van der Waals surface area contributed by atoms with Crippen LogP contribution in [0.1, 0.15) is 39.3 Å². The normalized spacial score (nSPS) is 22.1. The molecule has 4 aromatic rings. The predicted molar refractivity (Wildman–Crippen MR) is 187 cm³/mol. The number of imidazole rings is 1. The van der Waals surface area contributed by atoms with Crippen LogP contribution in [-0.4, -0.2) is 86.4 Å². The van der Waals surface area contributed by atoms with Gasteiger partial charge in [0.1, 0.15) is 29.6 Å². The topological polar surface area (TPSA) is 188 Å². The van der Waals surface area contributed by atoms with Gasteiger partial charge in [-0.3, -0.25) is 13.9 Å². The molecule has 5 rings (SSSR count). The molecule has 15 nitrogen and oxygen atoms in total. The van der Waals surface area contributed by atoms with Crippen molar-refractivity contribution in [2.45, 2.75) is 63.2 Å². The van der Waals surface area contributed by atoms with Crippen LogP contribution in [-0.2, 0) is 23.4 Å². The van der Waals surface area contributed by atoms with Gasteiger partial charge in [-0.15, -0.1) is 13.2 Å². The van der Waals surface area contributed by atoms with Gasteiger partial charge in [0.05, 0.1) is 26.1 Å². The lowest BCUT2D eigenvalue weighted by molar-refractivity contribution is -0.145. The average Bonchev–Trinajstić information content (AvgIpc) is 3.62. The van der Waals surface area contributed by atoms with Crippen molar-refractivity contribution in [3.05, 3.63) is 74.1 Å². The van der Waals surface area contributed by atoms with E-state index in [0.29, 0.717) is 36.8 Å². The highest BCUT2D eigenvalue weighted by molar-refractivity contribution is 7.52. The molecule has 0 saturated carbocycles. The Kier molecular flexibility index (Phi) is 11.9. The quantitative estimate of drug-likeness (QED) is 0.0482. The Morgan fingerprint density at radius 2 is 1.92 bits per heavy atom. The molecule has 3 heterocycles. The second kappa shape index (κ2) is 16.1. The van der Waals surface area contributed by atoms with Crippen molar-refractivity contribution in [2.75, 3.05) is 32.2 Å². The molecule has 268 valence electrons. The molecular formula is C34H43N6O9P. The van der Waals surface area contributed by atoms with Gasteiger partial charge in [0, 0.05) is 12.4 Å². The summed E-state index contributed by atoms with van der Waals surface area (Å²) in [4.78, 5) is 26.0. The summed E-state index contributed by atoms with van der Waals surface area (Å²) in [6.45, 7) is 10.2. The number of rotatable bonds is 18. The zero-order chi connectivity index (χ0) is 35.9. The number of aromatic nitrogens is 4. The van der Waals surface area contributed by atoms with Crippen LogP contribution in [0, 0.1) is 0 Å². The van der Waals surface area contributed by atoms with Gasteiger partial charge in [-0.05, 0) is 44.6 Å². The van der Waals surface area contributed by atoms with E-state index in [9.17, 15) is 19.6 Å². The second-order valence-electron chi connectivity index (χ2n) is 11.9. The smallest absolute Gasteiger partial charge is 0.459 e. The van der Waals surface area contributed by atoms with Crippen LogP contribution in [0.5, 0.6) is 11.6 Å². The largest absolute Gasteiger partial charge is 0.476 e. The third-order valence-corrected chi connectivity index (χ3v) is 9.69. The van der Waals surface area contributed by atoms with Crippen molar-refractivity contribution in [1.29, 1.82) is 0 Å². The number of unbranched alkanes of at least 4 members (excludes halogenated alkanes) is 1. The number of allylic oxidation sites excluding steroid dienone is 1. The lowest BCUT2D eigenvalue weighted by Crippen LogP contribution is -2.44. The summed E-state index contributed by atoms with van der Waals surface area (Å²) in [6.07, 6.45) is 2.69. The maximum atomic E-state index is 14.4. The number of nitrogens with one attached hydrogen (secondary N) is 2. The summed E-state index contributed by atoms with van der Waals surface area (Å²) in [5, 5.41) is 29.9.